The van der Waals surface area contributed by atoms with Crippen LogP contribution >= 0.6 is 0 Å². The molecular weight excluding hydrogens is 345 g/mol. The molecule has 0 aliphatic heterocycles. The molecule has 0 aliphatic rings. The lowest BCUT2D eigenvalue weighted by Crippen LogP contribution is -2.14. The Morgan fingerprint density at radius 2 is 1.69 bits per heavy atom. The highest BCUT2D eigenvalue weighted by Gasteiger charge is 2.30. The van der Waals surface area contributed by atoms with Gasteiger partial charge in [0.25, 0.3) is 5.91 Å². The smallest absolute Gasteiger partial charge is 0.416 e. The van der Waals surface area contributed by atoms with E-state index in [0.29, 0.717) is 16.9 Å². The third-order valence-electron chi connectivity index (χ3n) is 3.60. The van der Waals surface area contributed by atoms with Gasteiger partial charge in [0.1, 0.15) is 17.2 Å². The number of alkyl halides is 3. The molecule has 0 atom stereocenters. The molecule has 0 unspecified atom stereocenters. The van der Waals surface area contributed by atoms with E-state index in [0.717, 1.165) is 12.1 Å². The van der Waals surface area contributed by atoms with Crippen LogP contribution in [0.15, 0.2) is 66.9 Å². The Balaban J connectivity index is 1.84. The number of hydrogen-bond acceptors (Lipinski definition) is 3. The molecule has 4 nitrogen and oxygen atoms in total. The van der Waals surface area contributed by atoms with Crippen LogP contribution in [0.25, 0.3) is 11.1 Å². The van der Waals surface area contributed by atoms with Crippen molar-refractivity contribution in [1.29, 1.82) is 0 Å². The maximum Gasteiger partial charge on any atom is 0.416 e. The van der Waals surface area contributed by atoms with E-state index in [-0.39, 0.29) is 11.4 Å². The molecule has 132 valence electrons. The standard InChI is InChI=1S/C19H13F3N2O2/c20-19(21,22)13-3-1-4-15(11-13)26-14-8-6-12(7-9-14)16-5-2-10-24-17(16)18(23)25/h1-11H,(H2,23,25). The first-order chi connectivity index (χ1) is 12.3. The number of pyridine rings is 1. The summed E-state index contributed by atoms with van der Waals surface area (Å²) < 4.78 is 43.7. The minimum Gasteiger partial charge on any atom is -0.457 e. The van der Waals surface area contributed by atoms with Crippen LogP contribution < -0.4 is 10.5 Å². The summed E-state index contributed by atoms with van der Waals surface area (Å²) in [5, 5.41) is 0. The summed E-state index contributed by atoms with van der Waals surface area (Å²) in [4.78, 5) is 15.4. The van der Waals surface area contributed by atoms with Gasteiger partial charge in [0.05, 0.1) is 5.56 Å². The van der Waals surface area contributed by atoms with Crippen molar-refractivity contribution in [2.75, 3.05) is 0 Å². The van der Waals surface area contributed by atoms with Gasteiger partial charge in [-0.05, 0) is 42.0 Å². The Morgan fingerprint density at radius 1 is 0.962 bits per heavy atom. The van der Waals surface area contributed by atoms with Gasteiger partial charge in [0.2, 0.25) is 0 Å². The second-order valence-corrected chi connectivity index (χ2v) is 5.42. The van der Waals surface area contributed by atoms with E-state index in [1.54, 1.807) is 36.4 Å². The normalized spacial score (nSPS) is 11.2. The van der Waals surface area contributed by atoms with Crippen molar-refractivity contribution >= 4 is 5.91 Å². The molecule has 1 amide bonds. The molecule has 1 aromatic heterocycles. The largest absolute Gasteiger partial charge is 0.457 e. The quantitative estimate of drug-likeness (QED) is 0.738. The molecular formula is C19H13F3N2O2. The summed E-state index contributed by atoms with van der Waals surface area (Å²) in [6.45, 7) is 0. The molecule has 3 aromatic rings. The number of carbonyl (C=O) groups is 1. The van der Waals surface area contributed by atoms with Crippen LogP contribution in [0.3, 0.4) is 0 Å². The van der Waals surface area contributed by atoms with E-state index in [4.69, 9.17) is 10.5 Å². The van der Waals surface area contributed by atoms with Gasteiger partial charge < -0.3 is 10.5 Å². The lowest BCUT2D eigenvalue weighted by Gasteiger charge is -2.11. The van der Waals surface area contributed by atoms with Gasteiger partial charge in [-0.1, -0.05) is 24.3 Å². The summed E-state index contributed by atoms with van der Waals surface area (Å²) in [6, 6.07) is 14.5. The van der Waals surface area contributed by atoms with Gasteiger partial charge in [0.15, 0.2) is 0 Å². The lowest BCUT2D eigenvalue weighted by atomic mass is 10.0. The number of nitrogens with zero attached hydrogens (tertiary/aromatic N) is 1. The molecule has 0 radical (unpaired) electrons. The number of rotatable bonds is 4. The zero-order valence-corrected chi connectivity index (χ0v) is 13.3. The highest BCUT2D eigenvalue weighted by molar-refractivity contribution is 5.97. The number of halogens is 3. The molecule has 0 aliphatic carbocycles. The maximum absolute atomic E-state index is 12.8. The molecule has 3 rings (SSSR count). The van der Waals surface area contributed by atoms with Gasteiger partial charge in [-0.3, -0.25) is 9.78 Å². The second kappa shape index (κ2) is 6.87. The zero-order chi connectivity index (χ0) is 18.7. The van der Waals surface area contributed by atoms with Gasteiger partial charge in [0, 0.05) is 11.8 Å². The highest BCUT2D eigenvalue weighted by Crippen LogP contribution is 2.33. The second-order valence-electron chi connectivity index (χ2n) is 5.42. The minimum atomic E-state index is -4.44. The Hall–Kier alpha value is -3.35. The number of aromatic nitrogens is 1. The summed E-state index contributed by atoms with van der Waals surface area (Å²) in [6.07, 6.45) is -2.97. The average molecular weight is 358 g/mol. The molecule has 2 N–H and O–H groups in total. The molecule has 0 spiro atoms. The lowest BCUT2D eigenvalue weighted by molar-refractivity contribution is -0.137. The van der Waals surface area contributed by atoms with Gasteiger partial charge in [-0.15, -0.1) is 0 Å². The van der Waals surface area contributed by atoms with E-state index < -0.39 is 17.6 Å². The highest BCUT2D eigenvalue weighted by atomic mass is 19.4. The van der Waals surface area contributed by atoms with Crippen molar-refractivity contribution in [2.24, 2.45) is 5.73 Å². The number of primary amides is 1. The Bertz CT molecular complexity index is 938. The predicted octanol–water partition coefficient (Wildman–Crippen LogP) is 4.66. The van der Waals surface area contributed by atoms with Gasteiger partial charge in [-0.25, -0.2) is 0 Å². The first-order valence-electron chi connectivity index (χ1n) is 7.55. The fraction of sp³-hybridized carbons (Fsp3) is 0.0526. The van der Waals surface area contributed by atoms with Crippen LogP contribution in [-0.4, -0.2) is 10.9 Å². The number of carbonyl (C=O) groups excluding carboxylic acids is 1. The van der Waals surface area contributed by atoms with E-state index in [9.17, 15) is 18.0 Å². The van der Waals surface area contributed by atoms with E-state index in [2.05, 4.69) is 4.98 Å². The van der Waals surface area contributed by atoms with Crippen LogP contribution in [0.5, 0.6) is 11.5 Å². The Morgan fingerprint density at radius 3 is 2.35 bits per heavy atom. The molecule has 0 saturated carbocycles. The molecule has 2 aromatic carbocycles. The van der Waals surface area contributed by atoms with Crippen LogP contribution in [0.4, 0.5) is 13.2 Å². The first-order valence-corrected chi connectivity index (χ1v) is 7.55. The Labute approximate surface area is 147 Å². The van der Waals surface area contributed by atoms with Crippen molar-refractivity contribution in [2.45, 2.75) is 6.18 Å². The van der Waals surface area contributed by atoms with Crippen molar-refractivity contribution in [3.63, 3.8) is 0 Å². The van der Waals surface area contributed by atoms with Crippen LogP contribution in [0.2, 0.25) is 0 Å². The molecule has 0 fully saturated rings. The summed E-state index contributed by atoms with van der Waals surface area (Å²) in [5.41, 5.74) is 5.91. The summed E-state index contributed by atoms with van der Waals surface area (Å²) in [5.74, 6) is -0.214. The van der Waals surface area contributed by atoms with Crippen LogP contribution in [-0.2, 0) is 6.18 Å². The number of benzene rings is 2. The number of ether oxygens (including phenoxy) is 1. The van der Waals surface area contributed by atoms with Gasteiger partial charge >= 0.3 is 6.18 Å². The maximum atomic E-state index is 12.8. The van der Waals surface area contributed by atoms with Crippen LogP contribution in [0.1, 0.15) is 16.1 Å². The van der Waals surface area contributed by atoms with Crippen molar-refractivity contribution < 1.29 is 22.7 Å². The third kappa shape index (κ3) is 3.83. The number of amides is 1. The zero-order valence-electron chi connectivity index (χ0n) is 13.3. The molecule has 7 heteroatoms. The fourth-order valence-electron chi connectivity index (χ4n) is 2.41. The first kappa shape index (κ1) is 17.5. The summed E-state index contributed by atoms with van der Waals surface area (Å²) in [7, 11) is 0. The third-order valence-corrected chi connectivity index (χ3v) is 3.60. The average Bonchev–Trinajstić information content (AvgIpc) is 2.62. The van der Waals surface area contributed by atoms with Crippen molar-refractivity contribution in [3.8, 4) is 22.6 Å². The van der Waals surface area contributed by atoms with Crippen LogP contribution in [0, 0.1) is 0 Å². The number of nitrogens with two attached hydrogens (primary N) is 1. The molecule has 26 heavy (non-hydrogen) atoms. The predicted molar refractivity (Wildman–Crippen MR) is 89.7 cm³/mol. The SMILES string of the molecule is NC(=O)c1ncccc1-c1ccc(Oc2cccc(C(F)(F)F)c2)cc1. The number of hydrogen-bond donors (Lipinski definition) is 1. The minimum absolute atomic E-state index is 0.0757. The fourth-order valence-corrected chi connectivity index (χ4v) is 2.41. The molecule has 1 heterocycles. The van der Waals surface area contributed by atoms with E-state index >= 15 is 0 Å². The molecule has 0 saturated heterocycles. The van der Waals surface area contributed by atoms with Crippen molar-refractivity contribution in [1.82, 2.24) is 4.98 Å². The van der Waals surface area contributed by atoms with E-state index in [1.165, 1.54) is 18.3 Å². The monoisotopic (exact) mass is 358 g/mol. The topological polar surface area (TPSA) is 65.2 Å². The Kier molecular flexibility index (Phi) is 4.62. The molecule has 0 bridgehead atoms. The van der Waals surface area contributed by atoms with Gasteiger partial charge in [-0.2, -0.15) is 13.2 Å². The summed E-state index contributed by atoms with van der Waals surface area (Å²) >= 11 is 0. The van der Waals surface area contributed by atoms with Crippen molar-refractivity contribution in [3.05, 3.63) is 78.1 Å². The van der Waals surface area contributed by atoms with E-state index in [1.807, 2.05) is 0 Å².